The van der Waals surface area contributed by atoms with Gasteiger partial charge in [0.1, 0.15) is 6.04 Å². The minimum atomic E-state index is -0.721. The molecule has 3 rings (SSSR count). The number of carbonyl (C=O) groups is 2. The summed E-state index contributed by atoms with van der Waals surface area (Å²) in [7, 11) is 0. The number of aryl methyl sites for hydroxylation is 1. The molecular formula is C28H42N4O3S. The average Bonchev–Trinajstić information content (AvgIpc) is 3.42. The molecule has 2 heterocycles. The first-order chi connectivity index (χ1) is 16.7. The van der Waals surface area contributed by atoms with Gasteiger partial charge in [-0.25, -0.2) is 4.98 Å². The minimum absolute atomic E-state index is 0.141. The lowest BCUT2D eigenvalue weighted by molar-refractivity contribution is -0.143. The highest BCUT2D eigenvalue weighted by Crippen LogP contribution is 2.30. The van der Waals surface area contributed by atoms with Gasteiger partial charge < -0.3 is 20.6 Å². The van der Waals surface area contributed by atoms with Crippen molar-refractivity contribution in [2.45, 2.75) is 98.0 Å². The fraction of sp³-hybridized carbons (Fsp3) is 0.607. The summed E-state index contributed by atoms with van der Waals surface area (Å²) in [6.45, 7) is 16.4. The monoisotopic (exact) mass is 514 g/mol. The van der Waals surface area contributed by atoms with Crippen LogP contribution in [0.3, 0.4) is 0 Å². The van der Waals surface area contributed by atoms with Crippen molar-refractivity contribution < 1.29 is 14.7 Å². The Balaban J connectivity index is 1.74. The Bertz CT molecular complexity index is 1060. The maximum atomic E-state index is 13.7. The highest BCUT2D eigenvalue weighted by molar-refractivity contribution is 7.13. The van der Waals surface area contributed by atoms with Crippen LogP contribution in [0.25, 0.3) is 10.4 Å². The molecule has 1 aliphatic rings. The van der Waals surface area contributed by atoms with Gasteiger partial charge in [-0.05, 0) is 50.7 Å². The lowest BCUT2D eigenvalue weighted by Gasteiger charge is -2.40. The molecule has 2 aromatic rings. The van der Waals surface area contributed by atoms with Crippen molar-refractivity contribution >= 4 is 23.2 Å². The topological polar surface area (TPSA) is 94.6 Å². The molecule has 0 bridgehead atoms. The predicted molar refractivity (Wildman–Crippen MR) is 146 cm³/mol. The van der Waals surface area contributed by atoms with Crippen LogP contribution >= 0.6 is 11.3 Å². The summed E-state index contributed by atoms with van der Waals surface area (Å²) < 4.78 is 0. The molecule has 198 valence electrons. The van der Waals surface area contributed by atoms with Crippen molar-refractivity contribution in [2.24, 2.45) is 5.41 Å². The third kappa shape index (κ3) is 6.52. The van der Waals surface area contributed by atoms with Crippen LogP contribution in [0.4, 0.5) is 0 Å². The van der Waals surface area contributed by atoms with Gasteiger partial charge in [-0.3, -0.25) is 9.59 Å². The van der Waals surface area contributed by atoms with E-state index in [0.29, 0.717) is 0 Å². The molecule has 0 saturated carbocycles. The number of likely N-dealkylation sites (tertiary alicyclic amines) is 1. The Morgan fingerprint density at radius 1 is 1.19 bits per heavy atom. The molecule has 1 fully saturated rings. The molecule has 1 aromatic heterocycles. The smallest absolute Gasteiger partial charge is 0.243 e. The molecule has 7 nitrogen and oxygen atoms in total. The number of benzene rings is 1. The van der Waals surface area contributed by atoms with Crippen LogP contribution in [0.2, 0.25) is 0 Å². The Morgan fingerprint density at radius 2 is 1.83 bits per heavy atom. The third-order valence-electron chi connectivity index (χ3n) is 7.17. The second kappa shape index (κ2) is 11.0. The van der Waals surface area contributed by atoms with Gasteiger partial charge in [-0.1, -0.05) is 52.0 Å². The molecule has 0 spiro atoms. The quantitative estimate of drug-likeness (QED) is 0.484. The van der Waals surface area contributed by atoms with Crippen LogP contribution in [-0.4, -0.2) is 57.1 Å². The van der Waals surface area contributed by atoms with Crippen molar-refractivity contribution in [3.8, 4) is 10.4 Å². The molecule has 1 saturated heterocycles. The zero-order valence-electron chi connectivity index (χ0n) is 22.9. The maximum Gasteiger partial charge on any atom is 0.243 e. The summed E-state index contributed by atoms with van der Waals surface area (Å²) >= 11 is 1.61. The van der Waals surface area contributed by atoms with E-state index in [-0.39, 0.29) is 41.8 Å². The molecule has 0 aliphatic carbocycles. The van der Waals surface area contributed by atoms with Gasteiger partial charge in [0.15, 0.2) is 0 Å². The number of β-amino-alcohol motifs (C(OH)–C–C–N with tert-alkyl or cyclic N) is 1. The van der Waals surface area contributed by atoms with E-state index >= 15 is 0 Å². The minimum Gasteiger partial charge on any atom is -0.391 e. The number of thiazole rings is 1. The second-order valence-electron chi connectivity index (χ2n) is 11.7. The third-order valence-corrected chi connectivity index (χ3v) is 8.15. The zero-order valence-corrected chi connectivity index (χ0v) is 23.7. The average molecular weight is 515 g/mol. The first kappa shape index (κ1) is 28.3. The van der Waals surface area contributed by atoms with Crippen molar-refractivity contribution in [3.05, 3.63) is 41.0 Å². The van der Waals surface area contributed by atoms with Crippen molar-refractivity contribution in [2.75, 3.05) is 6.54 Å². The number of carbonyl (C=O) groups excluding carboxylic acids is 2. The molecule has 4 atom stereocenters. The first-order valence-corrected chi connectivity index (χ1v) is 13.7. The second-order valence-corrected chi connectivity index (χ2v) is 12.6. The van der Waals surface area contributed by atoms with E-state index in [1.807, 2.05) is 64.4 Å². The van der Waals surface area contributed by atoms with Crippen molar-refractivity contribution in [3.63, 3.8) is 0 Å². The summed E-state index contributed by atoms with van der Waals surface area (Å²) in [6, 6.07) is 6.69. The molecule has 3 N–H and O–H groups in total. The van der Waals surface area contributed by atoms with E-state index < -0.39 is 18.2 Å². The Hall–Kier alpha value is -2.29. The fourth-order valence-electron chi connectivity index (χ4n) is 4.51. The molecular weight excluding hydrogens is 472 g/mol. The number of nitrogens with one attached hydrogen (secondary N) is 2. The van der Waals surface area contributed by atoms with E-state index in [9.17, 15) is 14.7 Å². The molecule has 0 unspecified atom stereocenters. The SMILES string of the molecule is CCC(C)(C)N[C@H](C(=O)N1C[C@H](O)C[C@H]1C(=O)N[C@@H](C)c1ccc(-c2scnc2C)cc1)C(C)(C)C. The number of aromatic nitrogens is 1. The van der Waals surface area contributed by atoms with Crippen LogP contribution < -0.4 is 10.6 Å². The van der Waals surface area contributed by atoms with Crippen LogP contribution in [-0.2, 0) is 9.59 Å². The maximum absolute atomic E-state index is 13.7. The summed E-state index contributed by atoms with van der Waals surface area (Å²) in [5.74, 6) is -0.380. The molecule has 36 heavy (non-hydrogen) atoms. The number of hydrogen-bond donors (Lipinski definition) is 3. The van der Waals surface area contributed by atoms with E-state index in [1.165, 1.54) is 0 Å². The molecule has 0 radical (unpaired) electrons. The fourth-order valence-corrected chi connectivity index (χ4v) is 5.32. The van der Waals surface area contributed by atoms with E-state index in [0.717, 1.165) is 28.1 Å². The summed E-state index contributed by atoms with van der Waals surface area (Å²) in [4.78, 5) is 34.1. The molecule has 1 aliphatic heterocycles. The van der Waals surface area contributed by atoms with Gasteiger partial charge in [0.2, 0.25) is 11.8 Å². The number of rotatable bonds is 8. The highest BCUT2D eigenvalue weighted by atomic mass is 32.1. The predicted octanol–water partition coefficient (Wildman–Crippen LogP) is 4.45. The standard InChI is InChI=1S/C28H42N4O3S/c1-9-28(7,8)31-24(27(4,5)6)26(35)32-15-21(33)14-22(32)25(34)30-17(2)19-10-12-20(13-11-19)23-18(3)29-16-36-23/h10-13,16-17,21-22,24,31,33H,9,14-15H2,1-8H3,(H,30,34)/t17-,21+,22-,24+/m0/s1. The van der Waals surface area contributed by atoms with Crippen LogP contribution in [0.5, 0.6) is 0 Å². The van der Waals surface area contributed by atoms with Gasteiger partial charge in [0, 0.05) is 18.5 Å². The van der Waals surface area contributed by atoms with E-state index in [4.69, 9.17) is 0 Å². The first-order valence-electron chi connectivity index (χ1n) is 12.8. The Morgan fingerprint density at radius 3 is 2.36 bits per heavy atom. The van der Waals surface area contributed by atoms with E-state index in [1.54, 1.807) is 16.2 Å². The van der Waals surface area contributed by atoms with Crippen LogP contribution in [0, 0.1) is 12.3 Å². The summed E-state index contributed by atoms with van der Waals surface area (Å²) in [5, 5.41) is 17.0. The summed E-state index contributed by atoms with van der Waals surface area (Å²) in [6.07, 6.45) is 0.377. The molecule has 8 heteroatoms. The molecule has 1 aromatic carbocycles. The van der Waals surface area contributed by atoms with Crippen LogP contribution in [0.1, 0.15) is 78.6 Å². The Kier molecular flexibility index (Phi) is 8.63. The van der Waals surface area contributed by atoms with E-state index in [2.05, 4.69) is 36.4 Å². The number of amides is 2. The lowest BCUT2D eigenvalue weighted by atomic mass is 9.83. The van der Waals surface area contributed by atoms with Crippen molar-refractivity contribution in [1.82, 2.24) is 20.5 Å². The molecule has 2 amide bonds. The largest absolute Gasteiger partial charge is 0.391 e. The van der Waals surface area contributed by atoms with Gasteiger partial charge in [-0.2, -0.15) is 0 Å². The summed E-state index contributed by atoms with van der Waals surface area (Å²) in [5.41, 5.74) is 4.33. The van der Waals surface area contributed by atoms with Crippen LogP contribution in [0.15, 0.2) is 29.8 Å². The Labute approximate surface area is 219 Å². The lowest BCUT2D eigenvalue weighted by Crippen LogP contribution is -2.60. The van der Waals surface area contributed by atoms with Gasteiger partial charge in [0.25, 0.3) is 0 Å². The van der Waals surface area contributed by atoms with Gasteiger partial charge in [-0.15, -0.1) is 11.3 Å². The number of aliphatic hydroxyl groups is 1. The van der Waals surface area contributed by atoms with Gasteiger partial charge in [0.05, 0.1) is 34.3 Å². The number of nitrogens with zero attached hydrogens (tertiary/aromatic N) is 2. The highest BCUT2D eigenvalue weighted by Gasteiger charge is 2.45. The zero-order chi connectivity index (χ0) is 26.8. The number of aliphatic hydroxyl groups excluding tert-OH is 1. The van der Waals surface area contributed by atoms with Crippen molar-refractivity contribution in [1.29, 1.82) is 0 Å². The number of hydrogen-bond acceptors (Lipinski definition) is 6. The normalized spacial score (nSPS) is 20.3. The van der Waals surface area contributed by atoms with Gasteiger partial charge >= 0.3 is 0 Å².